The van der Waals surface area contributed by atoms with Crippen LogP contribution in [0.4, 0.5) is 0 Å². The lowest BCUT2D eigenvalue weighted by atomic mass is 10.2. The van der Waals surface area contributed by atoms with E-state index in [1.165, 1.54) is 0 Å². The summed E-state index contributed by atoms with van der Waals surface area (Å²) in [5.74, 6) is 1.15. The van der Waals surface area contributed by atoms with Crippen molar-refractivity contribution in [1.82, 2.24) is 10.2 Å². The molecule has 0 fully saturated rings. The molecule has 4 heteroatoms. The summed E-state index contributed by atoms with van der Waals surface area (Å²) in [4.78, 5) is 0. The Kier molecular flexibility index (Phi) is 3.02. The Morgan fingerprint density at radius 2 is 2.07 bits per heavy atom. The molecule has 0 aliphatic carbocycles. The maximum absolute atomic E-state index is 6.02. The van der Waals surface area contributed by atoms with Crippen LogP contribution < -0.4 is 0 Å². The fourth-order valence-corrected chi connectivity index (χ4v) is 1.53. The van der Waals surface area contributed by atoms with Crippen molar-refractivity contribution in [1.29, 1.82) is 0 Å². The summed E-state index contributed by atoms with van der Waals surface area (Å²) in [6.45, 7) is 2.07. The van der Waals surface area contributed by atoms with E-state index in [1.807, 2.05) is 18.2 Å². The Hall–Kier alpha value is -1.35. The molecule has 1 heterocycles. The minimum absolute atomic E-state index is 0.490. The number of benzene rings is 1. The van der Waals surface area contributed by atoms with Crippen LogP contribution in [0.5, 0.6) is 0 Å². The van der Waals surface area contributed by atoms with E-state index in [-0.39, 0.29) is 0 Å². The van der Waals surface area contributed by atoms with Gasteiger partial charge in [0.25, 0.3) is 0 Å². The van der Waals surface area contributed by atoms with Gasteiger partial charge in [0.15, 0.2) is 0 Å². The zero-order valence-corrected chi connectivity index (χ0v) is 9.16. The molecular formula is C11H11ClN2O. The van der Waals surface area contributed by atoms with Crippen molar-refractivity contribution in [2.24, 2.45) is 0 Å². The molecule has 0 aliphatic heterocycles. The first-order chi connectivity index (χ1) is 7.31. The van der Waals surface area contributed by atoms with Gasteiger partial charge in [-0.15, -0.1) is 10.2 Å². The van der Waals surface area contributed by atoms with Gasteiger partial charge in [-0.1, -0.05) is 30.7 Å². The lowest BCUT2D eigenvalue weighted by molar-refractivity contribution is 0.502. The molecule has 0 N–H and O–H groups in total. The molecule has 2 aromatic rings. The molecule has 1 aromatic carbocycles. The second-order valence-electron chi connectivity index (χ2n) is 3.23. The van der Waals surface area contributed by atoms with E-state index in [9.17, 15) is 0 Å². The van der Waals surface area contributed by atoms with Crippen LogP contribution in [0.15, 0.2) is 28.7 Å². The highest BCUT2D eigenvalue weighted by molar-refractivity contribution is 6.33. The van der Waals surface area contributed by atoms with Crippen LogP contribution >= 0.6 is 11.6 Å². The quantitative estimate of drug-likeness (QED) is 0.800. The van der Waals surface area contributed by atoms with Crippen LogP contribution in [0.25, 0.3) is 11.5 Å². The smallest absolute Gasteiger partial charge is 0.249 e. The second kappa shape index (κ2) is 4.45. The van der Waals surface area contributed by atoms with Crippen LogP contribution in [-0.2, 0) is 6.42 Å². The number of halogens is 1. The Balaban J connectivity index is 2.33. The topological polar surface area (TPSA) is 38.9 Å². The van der Waals surface area contributed by atoms with Crippen molar-refractivity contribution in [3.63, 3.8) is 0 Å². The van der Waals surface area contributed by atoms with Crippen molar-refractivity contribution in [3.8, 4) is 11.5 Å². The fourth-order valence-electron chi connectivity index (χ4n) is 1.31. The fraction of sp³-hybridized carbons (Fsp3) is 0.273. The van der Waals surface area contributed by atoms with Crippen molar-refractivity contribution < 1.29 is 4.42 Å². The predicted molar refractivity (Wildman–Crippen MR) is 58.7 cm³/mol. The third-order valence-electron chi connectivity index (χ3n) is 2.03. The van der Waals surface area contributed by atoms with Gasteiger partial charge in [0.05, 0.1) is 10.6 Å². The number of rotatable bonds is 3. The molecule has 0 saturated carbocycles. The van der Waals surface area contributed by atoms with Crippen LogP contribution in [0, 0.1) is 0 Å². The average molecular weight is 223 g/mol. The molecule has 0 aliphatic rings. The number of nitrogens with zero attached hydrogens (tertiary/aromatic N) is 2. The van der Waals surface area contributed by atoms with E-state index >= 15 is 0 Å². The van der Waals surface area contributed by atoms with Gasteiger partial charge in [0.2, 0.25) is 11.8 Å². The van der Waals surface area contributed by atoms with Gasteiger partial charge in [-0.2, -0.15) is 0 Å². The summed E-state index contributed by atoms with van der Waals surface area (Å²) >= 11 is 6.02. The van der Waals surface area contributed by atoms with Gasteiger partial charge < -0.3 is 4.42 Å². The largest absolute Gasteiger partial charge is 0.421 e. The van der Waals surface area contributed by atoms with Crippen LogP contribution in [0.3, 0.4) is 0 Å². The minimum Gasteiger partial charge on any atom is -0.421 e. The van der Waals surface area contributed by atoms with Gasteiger partial charge in [0.1, 0.15) is 0 Å². The van der Waals surface area contributed by atoms with E-state index in [2.05, 4.69) is 17.1 Å². The molecular weight excluding hydrogens is 212 g/mol. The normalized spacial score (nSPS) is 10.5. The summed E-state index contributed by atoms with van der Waals surface area (Å²) in [6, 6.07) is 7.44. The maximum atomic E-state index is 6.02. The summed E-state index contributed by atoms with van der Waals surface area (Å²) in [7, 11) is 0. The first-order valence-corrected chi connectivity index (χ1v) is 5.26. The lowest BCUT2D eigenvalue weighted by Crippen LogP contribution is -1.80. The summed E-state index contributed by atoms with van der Waals surface area (Å²) < 4.78 is 5.48. The summed E-state index contributed by atoms with van der Waals surface area (Å²) in [5, 5.41) is 8.54. The highest BCUT2D eigenvalue weighted by Crippen LogP contribution is 2.26. The molecule has 3 nitrogen and oxygen atoms in total. The minimum atomic E-state index is 0.490. The molecule has 0 saturated heterocycles. The molecule has 1 aromatic heterocycles. The third kappa shape index (κ3) is 2.18. The van der Waals surface area contributed by atoms with Crippen LogP contribution in [-0.4, -0.2) is 10.2 Å². The van der Waals surface area contributed by atoms with Gasteiger partial charge >= 0.3 is 0 Å². The maximum Gasteiger partial charge on any atom is 0.249 e. The Labute approximate surface area is 93.1 Å². The van der Waals surface area contributed by atoms with Gasteiger partial charge in [-0.3, -0.25) is 0 Å². The Bertz CT molecular complexity index is 453. The number of hydrogen-bond donors (Lipinski definition) is 0. The van der Waals surface area contributed by atoms with E-state index < -0.39 is 0 Å². The van der Waals surface area contributed by atoms with Crippen molar-refractivity contribution in [2.45, 2.75) is 19.8 Å². The zero-order valence-electron chi connectivity index (χ0n) is 8.40. The molecule has 78 valence electrons. The first kappa shape index (κ1) is 10.2. The average Bonchev–Trinajstić information content (AvgIpc) is 2.68. The standard InChI is InChI=1S/C11H11ClN2O/c1-2-5-10-13-14-11(15-10)8-6-3-4-7-9(8)12/h3-4,6-7H,2,5H2,1H3. The third-order valence-corrected chi connectivity index (χ3v) is 2.36. The number of aromatic nitrogens is 2. The molecule has 0 atom stereocenters. The van der Waals surface area contributed by atoms with E-state index in [0.717, 1.165) is 18.4 Å². The second-order valence-corrected chi connectivity index (χ2v) is 3.64. The van der Waals surface area contributed by atoms with E-state index in [4.69, 9.17) is 16.0 Å². The molecule has 0 bridgehead atoms. The highest BCUT2D eigenvalue weighted by Gasteiger charge is 2.10. The SMILES string of the molecule is CCCc1nnc(-c2ccccc2Cl)o1. The summed E-state index contributed by atoms with van der Waals surface area (Å²) in [6.07, 6.45) is 1.79. The molecule has 0 amide bonds. The molecule has 15 heavy (non-hydrogen) atoms. The predicted octanol–water partition coefficient (Wildman–Crippen LogP) is 3.34. The van der Waals surface area contributed by atoms with Crippen LogP contribution in [0.1, 0.15) is 19.2 Å². The van der Waals surface area contributed by atoms with Gasteiger partial charge in [-0.25, -0.2) is 0 Å². The monoisotopic (exact) mass is 222 g/mol. The molecule has 0 radical (unpaired) electrons. The van der Waals surface area contributed by atoms with E-state index in [1.54, 1.807) is 6.07 Å². The van der Waals surface area contributed by atoms with E-state index in [0.29, 0.717) is 16.8 Å². The van der Waals surface area contributed by atoms with Gasteiger partial charge in [-0.05, 0) is 18.6 Å². The number of aryl methyl sites for hydroxylation is 1. The first-order valence-electron chi connectivity index (χ1n) is 4.88. The van der Waals surface area contributed by atoms with Crippen LogP contribution in [0.2, 0.25) is 5.02 Å². The molecule has 2 rings (SSSR count). The molecule has 0 spiro atoms. The molecule has 0 unspecified atom stereocenters. The lowest BCUT2D eigenvalue weighted by Gasteiger charge is -1.96. The van der Waals surface area contributed by atoms with Crippen molar-refractivity contribution >= 4 is 11.6 Å². The summed E-state index contributed by atoms with van der Waals surface area (Å²) in [5.41, 5.74) is 0.786. The Morgan fingerprint density at radius 3 is 2.80 bits per heavy atom. The number of hydrogen-bond acceptors (Lipinski definition) is 3. The van der Waals surface area contributed by atoms with Gasteiger partial charge in [0, 0.05) is 6.42 Å². The van der Waals surface area contributed by atoms with Crippen molar-refractivity contribution in [3.05, 3.63) is 35.2 Å². The highest BCUT2D eigenvalue weighted by atomic mass is 35.5. The zero-order chi connectivity index (χ0) is 10.7. The Morgan fingerprint density at radius 1 is 1.27 bits per heavy atom. The van der Waals surface area contributed by atoms with Crippen molar-refractivity contribution in [2.75, 3.05) is 0 Å².